The number of hydrogen-bond acceptors (Lipinski definition) is 3. The molecule has 0 aliphatic carbocycles. The van der Waals surface area contributed by atoms with Crippen molar-refractivity contribution in [1.29, 1.82) is 5.26 Å². The summed E-state index contributed by atoms with van der Waals surface area (Å²) in [6.07, 6.45) is -2.15. The van der Waals surface area contributed by atoms with Gasteiger partial charge in [-0.2, -0.15) is 18.4 Å². The van der Waals surface area contributed by atoms with Gasteiger partial charge in [-0.15, -0.1) is 11.8 Å². The number of halogens is 3. The van der Waals surface area contributed by atoms with E-state index in [1.165, 1.54) is 22.6 Å². The van der Waals surface area contributed by atoms with Gasteiger partial charge in [0.1, 0.15) is 0 Å². The molecule has 3 aromatic rings. The summed E-state index contributed by atoms with van der Waals surface area (Å²) in [5.41, 5.74) is 3.46. The first-order chi connectivity index (χ1) is 15.9. The Bertz CT molecular complexity index is 1200. The van der Waals surface area contributed by atoms with Crippen LogP contribution in [-0.4, -0.2) is 11.7 Å². The number of aryl methyl sites for hydroxylation is 1. The minimum atomic E-state index is -4.41. The lowest BCUT2D eigenvalue weighted by Crippen LogP contribution is -2.23. The monoisotopic (exact) mass is 466 g/mol. The number of hydrogen-bond donors (Lipinski definition) is 0. The van der Waals surface area contributed by atoms with E-state index in [-0.39, 0.29) is 5.91 Å². The molecule has 3 nitrogen and oxygen atoms in total. The normalized spacial score (nSPS) is 13.2. The summed E-state index contributed by atoms with van der Waals surface area (Å²) in [5, 5.41) is 8.86. The van der Waals surface area contributed by atoms with E-state index in [0.717, 1.165) is 46.7 Å². The Morgan fingerprint density at radius 3 is 2.45 bits per heavy atom. The fraction of sp³-hybridized carbons (Fsp3) is 0.231. The van der Waals surface area contributed by atoms with Gasteiger partial charge in [0.15, 0.2) is 0 Å². The zero-order valence-electron chi connectivity index (χ0n) is 17.7. The third-order valence-corrected chi connectivity index (χ3v) is 6.76. The van der Waals surface area contributed by atoms with Gasteiger partial charge in [0.25, 0.3) is 5.91 Å². The average Bonchev–Trinajstić information content (AvgIpc) is 3.14. The number of rotatable bonds is 7. The molecular formula is C26H21F3N2OS. The molecule has 168 valence electrons. The van der Waals surface area contributed by atoms with E-state index in [1.807, 2.05) is 24.3 Å². The molecule has 0 bridgehead atoms. The van der Waals surface area contributed by atoms with Gasteiger partial charge in [0.05, 0.1) is 24.6 Å². The van der Waals surface area contributed by atoms with Gasteiger partial charge in [-0.3, -0.25) is 4.79 Å². The maximum atomic E-state index is 12.9. The molecule has 0 N–H and O–H groups in total. The van der Waals surface area contributed by atoms with Crippen molar-refractivity contribution in [2.24, 2.45) is 0 Å². The molecule has 7 heteroatoms. The fourth-order valence-corrected chi connectivity index (χ4v) is 4.96. The van der Waals surface area contributed by atoms with Crippen LogP contribution in [0.2, 0.25) is 0 Å². The van der Waals surface area contributed by atoms with Crippen LogP contribution in [-0.2, 0) is 25.6 Å². The topological polar surface area (TPSA) is 44.1 Å². The molecule has 0 aromatic heterocycles. The van der Waals surface area contributed by atoms with E-state index >= 15 is 0 Å². The number of benzene rings is 3. The van der Waals surface area contributed by atoms with Crippen LogP contribution in [0, 0.1) is 11.3 Å². The Morgan fingerprint density at radius 1 is 1.00 bits per heavy atom. The van der Waals surface area contributed by atoms with Gasteiger partial charge in [-0.1, -0.05) is 30.3 Å². The molecular weight excluding hydrogens is 445 g/mol. The molecule has 0 radical (unpaired) electrons. The molecule has 1 amide bonds. The van der Waals surface area contributed by atoms with E-state index in [0.29, 0.717) is 24.2 Å². The van der Waals surface area contributed by atoms with Crippen molar-refractivity contribution >= 4 is 23.4 Å². The van der Waals surface area contributed by atoms with Crippen LogP contribution < -0.4 is 4.90 Å². The minimum absolute atomic E-state index is 0.193. The summed E-state index contributed by atoms with van der Waals surface area (Å²) >= 11 is 1.68. The van der Waals surface area contributed by atoms with Crippen molar-refractivity contribution in [2.75, 3.05) is 10.7 Å². The first kappa shape index (κ1) is 22.9. The lowest BCUT2D eigenvalue weighted by Gasteiger charge is -2.17. The Balaban J connectivity index is 1.40. The fourth-order valence-electron chi connectivity index (χ4n) is 3.92. The molecule has 3 aromatic carbocycles. The van der Waals surface area contributed by atoms with E-state index in [4.69, 9.17) is 5.26 Å². The van der Waals surface area contributed by atoms with Gasteiger partial charge >= 0.3 is 6.18 Å². The average molecular weight is 467 g/mol. The van der Waals surface area contributed by atoms with Gasteiger partial charge < -0.3 is 4.90 Å². The largest absolute Gasteiger partial charge is 0.416 e. The second kappa shape index (κ2) is 9.72. The predicted molar refractivity (Wildman–Crippen MR) is 123 cm³/mol. The standard InChI is InChI=1S/C26H21F3N2OS/c27-26(28,29)20-9-11-21(12-10-20)31-17-23-22(25(31)32)7-2-8-24(23)33-15-3-6-18-4-1-5-19(16-18)13-14-30/h1-2,4-5,7-12,16H,3,6,13,15,17H2. The highest BCUT2D eigenvalue weighted by atomic mass is 32.2. The first-order valence-electron chi connectivity index (χ1n) is 10.6. The maximum absolute atomic E-state index is 12.9. The van der Waals surface area contributed by atoms with Crippen molar-refractivity contribution < 1.29 is 18.0 Å². The quantitative estimate of drug-likeness (QED) is 0.289. The number of carbonyl (C=O) groups excluding carboxylic acids is 1. The number of anilines is 1. The Hall–Kier alpha value is -3.24. The molecule has 0 spiro atoms. The number of nitrogens with zero attached hydrogens (tertiary/aromatic N) is 2. The van der Waals surface area contributed by atoms with Crippen molar-refractivity contribution in [3.05, 3.63) is 94.5 Å². The maximum Gasteiger partial charge on any atom is 0.416 e. The highest BCUT2D eigenvalue weighted by molar-refractivity contribution is 7.99. The number of amides is 1. The van der Waals surface area contributed by atoms with Crippen LogP contribution in [0.1, 0.15) is 39.0 Å². The zero-order valence-corrected chi connectivity index (χ0v) is 18.5. The SMILES string of the molecule is N#CCc1cccc(CCCSc2cccc3c2CN(c2ccc(C(F)(F)F)cc2)C3=O)c1. The number of fused-ring (bicyclic) bond motifs is 1. The smallest absolute Gasteiger partial charge is 0.304 e. The van der Waals surface area contributed by atoms with E-state index in [1.54, 1.807) is 17.8 Å². The molecule has 1 aliphatic rings. The second-order valence-electron chi connectivity index (χ2n) is 7.83. The van der Waals surface area contributed by atoms with Crippen LogP contribution in [0.3, 0.4) is 0 Å². The summed E-state index contributed by atoms with van der Waals surface area (Å²) in [6.45, 7) is 0.346. The summed E-state index contributed by atoms with van der Waals surface area (Å²) in [5.74, 6) is 0.675. The van der Waals surface area contributed by atoms with Gasteiger partial charge in [0, 0.05) is 16.1 Å². The summed E-state index contributed by atoms with van der Waals surface area (Å²) in [7, 11) is 0. The Labute approximate surface area is 194 Å². The summed E-state index contributed by atoms with van der Waals surface area (Å²) in [4.78, 5) is 15.4. The molecule has 33 heavy (non-hydrogen) atoms. The number of alkyl halides is 3. The lowest BCUT2D eigenvalue weighted by atomic mass is 10.1. The summed E-state index contributed by atoms with van der Waals surface area (Å²) in [6, 6.07) is 20.5. The van der Waals surface area contributed by atoms with Crippen LogP contribution in [0.15, 0.2) is 71.6 Å². The third kappa shape index (κ3) is 5.23. The molecule has 0 atom stereocenters. The van der Waals surface area contributed by atoms with E-state index < -0.39 is 11.7 Å². The molecule has 0 fully saturated rings. The summed E-state index contributed by atoms with van der Waals surface area (Å²) < 4.78 is 38.6. The Morgan fingerprint density at radius 2 is 1.73 bits per heavy atom. The van der Waals surface area contributed by atoms with Gasteiger partial charge in [-0.25, -0.2) is 0 Å². The number of thioether (sulfide) groups is 1. The molecule has 1 aliphatic heterocycles. The van der Waals surface area contributed by atoms with Crippen molar-refractivity contribution in [3.8, 4) is 6.07 Å². The number of carbonyl (C=O) groups is 1. The predicted octanol–water partition coefficient (Wildman–Crippen LogP) is 6.66. The first-order valence-corrected chi connectivity index (χ1v) is 11.5. The van der Waals surface area contributed by atoms with Crippen LogP contribution in [0.4, 0.5) is 18.9 Å². The number of nitriles is 1. The van der Waals surface area contributed by atoms with Crippen LogP contribution in [0.25, 0.3) is 0 Å². The van der Waals surface area contributed by atoms with E-state index in [2.05, 4.69) is 18.2 Å². The molecule has 4 rings (SSSR count). The zero-order chi connectivity index (χ0) is 23.4. The minimum Gasteiger partial charge on any atom is -0.304 e. The van der Waals surface area contributed by atoms with Gasteiger partial charge in [-0.05, 0) is 71.7 Å². The molecule has 0 unspecified atom stereocenters. The third-order valence-electron chi connectivity index (χ3n) is 5.57. The van der Waals surface area contributed by atoms with Crippen molar-refractivity contribution in [3.63, 3.8) is 0 Å². The second-order valence-corrected chi connectivity index (χ2v) is 8.96. The highest BCUT2D eigenvalue weighted by Crippen LogP contribution is 2.36. The molecule has 1 heterocycles. The molecule has 0 saturated heterocycles. The van der Waals surface area contributed by atoms with E-state index in [9.17, 15) is 18.0 Å². The van der Waals surface area contributed by atoms with Crippen molar-refractivity contribution in [2.45, 2.75) is 36.9 Å². The Kier molecular flexibility index (Phi) is 6.75. The van der Waals surface area contributed by atoms with Crippen molar-refractivity contribution in [1.82, 2.24) is 0 Å². The van der Waals surface area contributed by atoms with Crippen LogP contribution >= 0.6 is 11.8 Å². The van der Waals surface area contributed by atoms with Gasteiger partial charge in [0.2, 0.25) is 0 Å². The molecule has 0 saturated carbocycles. The highest BCUT2D eigenvalue weighted by Gasteiger charge is 2.33. The van der Waals surface area contributed by atoms with Crippen LogP contribution in [0.5, 0.6) is 0 Å². The lowest BCUT2D eigenvalue weighted by molar-refractivity contribution is -0.137.